The third-order valence-corrected chi connectivity index (χ3v) is 5.84. The number of nitrogens with zero attached hydrogens (tertiary/aromatic N) is 1. The van der Waals surface area contributed by atoms with E-state index in [0.717, 1.165) is 33.3 Å². The first-order valence-corrected chi connectivity index (χ1v) is 10.5. The van der Waals surface area contributed by atoms with Crippen molar-refractivity contribution in [2.75, 3.05) is 13.2 Å². The molecule has 0 unspecified atom stereocenters. The van der Waals surface area contributed by atoms with Crippen LogP contribution in [0.5, 0.6) is 5.75 Å². The maximum absolute atomic E-state index is 10.6. The van der Waals surface area contributed by atoms with E-state index in [9.17, 15) is 20.4 Å². The molecule has 7 heteroatoms. The summed E-state index contributed by atoms with van der Waals surface area (Å²) in [6.45, 7) is 4.09. The Bertz CT molecular complexity index is 1030. The summed E-state index contributed by atoms with van der Waals surface area (Å²) >= 11 is 0. The molecule has 2 aromatic carbocycles. The van der Waals surface area contributed by atoms with E-state index in [1.54, 1.807) is 4.57 Å². The average molecular weight is 427 g/mol. The van der Waals surface area contributed by atoms with Gasteiger partial charge in [0.15, 0.2) is 6.23 Å². The van der Waals surface area contributed by atoms with Crippen LogP contribution in [0.2, 0.25) is 0 Å². The van der Waals surface area contributed by atoms with Crippen LogP contribution < -0.4 is 4.74 Å². The fourth-order valence-corrected chi connectivity index (χ4v) is 4.19. The van der Waals surface area contributed by atoms with Crippen molar-refractivity contribution < 1.29 is 29.9 Å². The number of rotatable bonds is 6. The first-order valence-electron chi connectivity index (χ1n) is 10.5. The number of hydrogen-bond donors (Lipinski definition) is 4. The van der Waals surface area contributed by atoms with Gasteiger partial charge in [-0.25, -0.2) is 0 Å². The summed E-state index contributed by atoms with van der Waals surface area (Å²) in [6, 6.07) is 14.0. The number of hydrogen-bond acceptors (Lipinski definition) is 6. The molecule has 4 rings (SSSR count). The monoisotopic (exact) mass is 427 g/mol. The Morgan fingerprint density at radius 2 is 1.74 bits per heavy atom. The first-order chi connectivity index (χ1) is 14.9. The molecule has 7 nitrogen and oxygen atoms in total. The van der Waals surface area contributed by atoms with Crippen molar-refractivity contribution in [3.05, 3.63) is 65.4 Å². The molecule has 0 spiro atoms. The van der Waals surface area contributed by atoms with Crippen molar-refractivity contribution in [2.45, 2.75) is 50.9 Å². The molecule has 3 aromatic rings. The Labute approximate surface area is 181 Å². The summed E-state index contributed by atoms with van der Waals surface area (Å²) in [5.74, 6) is 0.825. The number of aliphatic hydroxyl groups is 4. The summed E-state index contributed by atoms with van der Waals surface area (Å²) < 4.78 is 13.1. The van der Waals surface area contributed by atoms with Crippen molar-refractivity contribution in [2.24, 2.45) is 0 Å². The summed E-state index contributed by atoms with van der Waals surface area (Å²) in [6.07, 6.45) is -3.47. The number of fused-ring (bicyclic) bond motifs is 1. The van der Waals surface area contributed by atoms with Gasteiger partial charge in [0.05, 0.1) is 18.7 Å². The van der Waals surface area contributed by atoms with Gasteiger partial charge < -0.3 is 34.5 Å². The Morgan fingerprint density at radius 1 is 1.00 bits per heavy atom. The number of ether oxygens (including phenoxy) is 2. The molecule has 1 aliphatic rings. The zero-order valence-electron chi connectivity index (χ0n) is 17.7. The molecule has 31 heavy (non-hydrogen) atoms. The molecule has 0 bridgehead atoms. The summed E-state index contributed by atoms with van der Waals surface area (Å²) in [5, 5.41) is 41.6. The summed E-state index contributed by atoms with van der Waals surface area (Å²) in [5.41, 5.74) is 4.04. The minimum absolute atomic E-state index is 0.460. The Hall–Kier alpha value is -2.42. The lowest BCUT2D eigenvalue weighted by Crippen LogP contribution is -2.56. The van der Waals surface area contributed by atoms with Gasteiger partial charge in [0.2, 0.25) is 0 Å². The lowest BCUT2D eigenvalue weighted by atomic mass is 9.98. The zero-order chi connectivity index (χ0) is 22.1. The van der Waals surface area contributed by atoms with Gasteiger partial charge in [-0.15, -0.1) is 0 Å². The number of aryl methyl sites for hydroxylation is 1. The molecular formula is C24H29NO6. The average Bonchev–Trinajstić information content (AvgIpc) is 3.11. The topological polar surface area (TPSA) is 104 Å². The van der Waals surface area contributed by atoms with Gasteiger partial charge in [-0.05, 0) is 55.2 Å². The third-order valence-electron chi connectivity index (χ3n) is 5.84. The fourth-order valence-electron chi connectivity index (χ4n) is 4.19. The van der Waals surface area contributed by atoms with Crippen molar-refractivity contribution in [1.29, 1.82) is 0 Å². The van der Waals surface area contributed by atoms with Crippen LogP contribution in [0.3, 0.4) is 0 Å². The highest BCUT2D eigenvalue weighted by Crippen LogP contribution is 2.34. The van der Waals surface area contributed by atoms with Gasteiger partial charge in [0, 0.05) is 11.6 Å². The van der Waals surface area contributed by atoms with Crippen LogP contribution in [0.4, 0.5) is 0 Å². The number of benzene rings is 2. The van der Waals surface area contributed by atoms with E-state index in [-0.39, 0.29) is 0 Å². The van der Waals surface area contributed by atoms with Crippen molar-refractivity contribution >= 4 is 10.9 Å². The SMILES string of the molecule is CCOc1ccc(Cc2cn([C@@H]3O[C@H](CO)[C@@H](O)[C@H](O)[C@H]3O)c3cc(C)ccc23)cc1. The third kappa shape index (κ3) is 4.20. The Balaban J connectivity index is 1.72. The van der Waals surface area contributed by atoms with Gasteiger partial charge >= 0.3 is 0 Å². The molecule has 1 saturated heterocycles. The molecule has 1 fully saturated rings. The molecule has 1 aliphatic heterocycles. The lowest BCUT2D eigenvalue weighted by molar-refractivity contribution is -0.250. The Morgan fingerprint density at radius 3 is 2.42 bits per heavy atom. The minimum Gasteiger partial charge on any atom is -0.494 e. The van der Waals surface area contributed by atoms with Gasteiger partial charge in [-0.1, -0.05) is 24.3 Å². The summed E-state index contributed by atoms with van der Waals surface area (Å²) in [7, 11) is 0. The molecule has 0 aliphatic carbocycles. The highest BCUT2D eigenvalue weighted by molar-refractivity contribution is 5.85. The van der Waals surface area contributed by atoms with E-state index >= 15 is 0 Å². The highest BCUT2D eigenvalue weighted by Gasteiger charge is 2.44. The molecule has 166 valence electrons. The van der Waals surface area contributed by atoms with Crippen molar-refractivity contribution in [3.63, 3.8) is 0 Å². The predicted molar refractivity (Wildman–Crippen MR) is 116 cm³/mol. The molecule has 5 atom stereocenters. The van der Waals surface area contributed by atoms with Gasteiger partial charge in [0.25, 0.3) is 0 Å². The molecular weight excluding hydrogens is 398 g/mol. The highest BCUT2D eigenvalue weighted by atomic mass is 16.6. The fraction of sp³-hybridized carbons (Fsp3) is 0.417. The van der Waals surface area contributed by atoms with Gasteiger partial charge in [0.1, 0.15) is 30.2 Å². The van der Waals surface area contributed by atoms with Crippen LogP contribution in [0.15, 0.2) is 48.7 Å². The Kier molecular flexibility index (Phi) is 6.31. The second-order valence-electron chi connectivity index (χ2n) is 8.06. The molecule has 0 saturated carbocycles. The second-order valence-corrected chi connectivity index (χ2v) is 8.06. The molecule has 4 N–H and O–H groups in total. The standard InChI is InChI=1S/C24H29NO6/c1-3-30-17-7-5-15(6-8-17)11-16-12-25(19-10-14(2)4-9-18(16)19)24-23(29)22(28)21(27)20(13-26)31-24/h4-10,12,20-24,26-29H,3,11,13H2,1-2H3/t20-,21-,22+,23-,24-/m1/s1. The van der Waals surface area contributed by atoms with Crippen LogP contribution >= 0.6 is 0 Å². The molecule has 0 amide bonds. The predicted octanol–water partition coefficient (Wildman–Crippen LogP) is 1.91. The van der Waals surface area contributed by atoms with Gasteiger partial charge in [-0.3, -0.25) is 0 Å². The maximum Gasteiger partial charge on any atom is 0.163 e. The van der Waals surface area contributed by atoms with Crippen molar-refractivity contribution in [3.8, 4) is 5.75 Å². The van der Waals surface area contributed by atoms with Crippen molar-refractivity contribution in [1.82, 2.24) is 4.57 Å². The van der Waals surface area contributed by atoms with E-state index in [1.165, 1.54) is 0 Å². The van der Waals surface area contributed by atoms with E-state index < -0.39 is 37.3 Å². The molecule has 1 aromatic heterocycles. The van der Waals surface area contributed by atoms with Crippen LogP contribution in [-0.4, -0.2) is 62.6 Å². The van der Waals surface area contributed by atoms with E-state index in [2.05, 4.69) is 0 Å². The largest absolute Gasteiger partial charge is 0.494 e. The summed E-state index contributed by atoms with van der Waals surface area (Å²) in [4.78, 5) is 0. The lowest BCUT2D eigenvalue weighted by Gasteiger charge is -2.40. The number of aromatic nitrogens is 1. The van der Waals surface area contributed by atoms with E-state index in [4.69, 9.17) is 9.47 Å². The molecule has 2 heterocycles. The van der Waals surface area contributed by atoms with Crippen LogP contribution in [0.1, 0.15) is 29.8 Å². The minimum atomic E-state index is -1.42. The normalized spacial score (nSPS) is 26.3. The number of aliphatic hydroxyl groups excluding tert-OH is 4. The zero-order valence-corrected chi connectivity index (χ0v) is 17.7. The smallest absolute Gasteiger partial charge is 0.163 e. The van der Waals surface area contributed by atoms with Crippen LogP contribution in [0.25, 0.3) is 10.9 Å². The van der Waals surface area contributed by atoms with Crippen LogP contribution in [0, 0.1) is 6.92 Å². The first kappa shape index (κ1) is 21.8. The van der Waals surface area contributed by atoms with Gasteiger partial charge in [-0.2, -0.15) is 0 Å². The van der Waals surface area contributed by atoms with E-state index in [0.29, 0.717) is 13.0 Å². The van der Waals surface area contributed by atoms with E-state index in [1.807, 2.05) is 62.5 Å². The maximum atomic E-state index is 10.6. The quantitative estimate of drug-likeness (QED) is 0.479. The molecule has 0 radical (unpaired) electrons. The van der Waals surface area contributed by atoms with Crippen LogP contribution in [-0.2, 0) is 11.2 Å². The second kappa shape index (κ2) is 8.98.